The lowest BCUT2D eigenvalue weighted by Crippen LogP contribution is -2.17. The molecule has 0 saturated heterocycles. The predicted octanol–water partition coefficient (Wildman–Crippen LogP) is 3.33. The Balaban J connectivity index is 1.53. The van der Waals surface area contributed by atoms with E-state index in [0.717, 1.165) is 17.5 Å². The Kier molecular flexibility index (Phi) is 6.43. The minimum Gasteiger partial charge on any atom is -0.407 e. The summed E-state index contributed by atoms with van der Waals surface area (Å²) in [6, 6.07) is 14.6. The van der Waals surface area contributed by atoms with Crippen LogP contribution in [-0.4, -0.2) is 30.3 Å². The number of aromatic nitrogens is 2. The monoisotopic (exact) mass is 413 g/mol. The van der Waals surface area contributed by atoms with Crippen molar-refractivity contribution in [2.75, 3.05) is 11.1 Å². The van der Waals surface area contributed by atoms with Gasteiger partial charge in [-0.1, -0.05) is 54.0 Å². The van der Waals surface area contributed by atoms with Crippen molar-refractivity contribution in [3.8, 4) is 0 Å². The molecule has 0 aliphatic heterocycles. The van der Waals surface area contributed by atoms with Crippen LogP contribution in [-0.2, 0) is 27.5 Å². The third kappa shape index (κ3) is 5.74. The molecular weight excluding hydrogens is 390 g/mol. The van der Waals surface area contributed by atoms with E-state index in [-0.39, 0.29) is 23.1 Å². The molecule has 7 nitrogen and oxygen atoms in total. The Labute approximate surface area is 170 Å². The summed E-state index contributed by atoms with van der Waals surface area (Å²) >= 11 is 0. The smallest absolute Gasteiger partial charge is 0.322 e. The molecule has 0 fully saturated rings. The minimum absolute atomic E-state index is 0.0390. The average Bonchev–Trinajstić information content (AvgIpc) is 3.14. The molecule has 1 heterocycles. The van der Waals surface area contributed by atoms with Gasteiger partial charge in [0.05, 0.1) is 17.1 Å². The first-order valence-electron chi connectivity index (χ1n) is 9.35. The number of aryl methyl sites for hydroxylation is 2. The zero-order valence-corrected chi connectivity index (χ0v) is 17.2. The highest BCUT2D eigenvalue weighted by Gasteiger charge is 2.17. The van der Waals surface area contributed by atoms with Crippen molar-refractivity contribution in [2.45, 2.75) is 38.0 Å². The highest BCUT2D eigenvalue weighted by molar-refractivity contribution is 7.91. The van der Waals surface area contributed by atoms with Crippen molar-refractivity contribution in [3.05, 3.63) is 71.1 Å². The summed E-state index contributed by atoms with van der Waals surface area (Å²) in [5.41, 5.74) is 3.23. The Morgan fingerprint density at radius 2 is 1.66 bits per heavy atom. The maximum Gasteiger partial charge on any atom is 0.322 e. The summed E-state index contributed by atoms with van der Waals surface area (Å²) < 4.78 is 30.1. The van der Waals surface area contributed by atoms with Crippen LogP contribution in [0.3, 0.4) is 0 Å². The van der Waals surface area contributed by atoms with Crippen molar-refractivity contribution in [1.82, 2.24) is 10.2 Å². The molecule has 0 atom stereocenters. The average molecular weight is 413 g/mol. The fourth-order valence-corrected chi connectivity index (χ4v) is 3.96. The van der Waals surface area contributed by atoms with Crippen molar-refractivity contribution >= 4 is 21.8 Å². The first kappa shape index (κ1) is 20.7. The van der Waals surface area contributed by atoms with E-state index < -0.39 is 15.7 Å². The van der Waals surface area contributed by atoms with Gasteiger partial charge in [-0.05, 0) is 36.6 Å². The van der Waals surface area contributed by atoms with Crippen LogP contribution in [0.25, 0.3) is 0 Å². The molecule has 1 aromatic heterocycles. The summed E-state index contributed by atoms with van der Waals surface area (Å²) in [5, 5.41) is 10.2. The number of hydrogen-bond donors (Lipinski definition) is 1. The molecule has 1 N–H and O–H groups in total. The standard InChI is InChI=1S/C21H23N3O4S/c1-3-16-6-8-17(9-7-16)14-20-23-24-21(28-20)22-19(25)12-13-29(26,27)18-10-4-15(2)5-11-18/h4-11H,3,12-14H2,1-2H3,(H,22,24,25). The molecule has 0 unspecified atom stereocenters. The summed E-state index contributed by atoms with van der Waals surface area (Å²) in [4.78, 5) is 12.3. The Bertz CT molecular complexity index is 1070. The highest BCUT2D eigenvalue weighted by Crippen LogP contribution is 2.15. The van der Waals surface area contributed by atoms with Crippen LogP contribution >= 0.6 is 0 Å². The molecule has 0 aliphatic carbocycles. The number of carbonyl (C=O) groups is 1. The van der Waals surface area contributed by atoms with E-state index in [0.29, 0.717) is 12.3 Å². The fourth-order valence-electron chi connectivity index (χ4n) is 2.72. The number of anilines is 1. The molecule has 0 saturated carbocycles. The van der Waals surface area contributed by atoms with E-state index in [1.807, 2.05) is 31.2 Å². The van der Waals surface area contributed by atoms with E-state index in [2.05, 4.69) is 22.4 Å². The number of nitrogens with zero attached hydrogens (tertiary/aromatic N) is 2. The first-order chi connectivity index (χ1) is 13.9. The van der Waals surface area contributed by atoms with Crippen molar-refractivity contribution in [3.63, 3.8) is 0 Å². The number of carbonyl (C=O) groups excluding carboxylic acids is 1. The van der Waals surface area contributed by atoms with Gasteiger partial charge in [0.2, 0.25) is 11.8 Å². The summed E-state index contributed by atoms with van der Waals surface area (Å²) in [7, 11) is -3.53. The lowest BCUT2D eigenvalue weighted by molar-refractivity contribution is -0.116. The van der Waals surface area contributed by atoms with Gasteiger partial charge in [0.25, 0.3) is 0 Å². The third-order valence-corrected chi connectivity index (χ3v) is 6.21. The SMILES string of the molecule is CCc1ccc(Cc2nnc(NC(=O)CCS(=O)(=O)c3ccc(C)cc3)o2)cc1. The zero-order chi connectivity index (χ0) is 20.9. The Morgan fingerprint density at radius 3 is 2.31 bits per heavy atom. The normalized spacial score (nSPS) is 11.4. The second-order valence-electron chi connectivity index (χ2n) is 6.78. The number of nitrogens with one attached hydrogen (secondary N) is 1. The highest BCUT2D eigenvalue weighted by atomic mass is 32.2. The Morgan fingerprint density at radius 1 is 1.00 bits per heavy atom. The molecule has 8 heteroatoms. The molecular formula is C21H23N3O4S. The summed E-state index contributed by atoms with van der Waals surface area (Å²) in [5.74, 6) is -0.424. The Hall–Kier alpha value is -3.00. The molecule has 0 spiro atoms. The zero-order valence-electron chi connectivity index (χ0n) is 16.4. The first-order valence-corrected chi connectivity index (χ1v) is 11.0. The molecule has 0 bridgehead atoms. The van der Waals surface area contributed by atoms with E-state index in [9.17, 15) is 13.2 Å². The maximum absolute atomic E-state index is 12.3. The van der Waals surface area contributed by atoms with Gasteiger partial charge in [-0.25, -0.2) is 8.42 Å². The molecule has 3 rings (SSSR count). The van der Waals surface area contributed by atoms with Gasteiger partial charge < -0.3 is 4.42 Å². The van der Waals surface area contributed by atoms with Crippen LogP contribution in [0.5, 0.6) is 0 Å². The molecule has 0 radical (unpaired) electrons. The van der Waals surface area contributed by atoms with Gasteiger partial charge in [0.1, 0.15) is 0 Å². The van der Waals surface area contributed by atoms with Crippen LogP contribution in [0.1, 0.15) is 35.9 Å². The summed E-state index contributed by atoms with van der Waals surface area (Å²) in [6.07, 6.45) is 1.22. The molecule has 2 aromatic carbocycles. The number of hydrogen-bond acceptors (Lipinski definition) is 6. The van der Waals surface area contributed by atoms with Gasteiger partial charge in [-0.2, -0.15) is 0 Å². The van der Waals surface area contributed by atoms with Gasteiger partial charge in [0, 0.05) is 6.42 Å². The number of amides is 1. The van der Waals surface area contributed by atoms with Crippen LogP contribution in [0.2, 0.25) is 0 Å². The van der Waals surface area contributed by atoms with Crippen molar-refractivity contribution in [1.29, 1.82) is 0 Å². The topological polar surface area (TPSA) is 102 Å². The fraction of sp³-hybridized carbons (Fsp3) is 0.286. The van der Waals surface area contributed by atoms with Gasteiger partial charge in [0.15, 0.2) is 9.84 Å². The van der Waals surface area contributed by atoms with Crippen molar-refractivity contribution in [2.24, 2.45) is 0 Å². The molecule has 1 amide bonds. The van der Waals surface area contributed by atoms with Crippen LogP contribution in [0.4, 0.5) is 6.01 Å². The largest absolute Gasteiger partial charge is 0.407 e. The van der Waals surface area contributed by atoms with E-state index in [1.165, 1.54) is 5.56 Å². The molecule has 29 heavy (non-hydrogen) atoms. The second kappa shape index (κ2) is 9.00. The van der Waals surface area contributed by atoms with E-state index in [1.54, 1.807) is 24.3 Å². The van der Waals surface area contributed by atoms with Crippen molar-refractivity contribution < 1.29 is 17.6 Å². The van der Waals surface area contributed by atoms with Crippen LogP contribution in [0, 0.1) is 6.92 Å². The number of benzene rings is 2. The van der Waals surface area contributed by atoms with Gasteiger partial charge >= 0.3 is 6.01 Å². The second-order valence-corrected chi connectivity index (χ2v) is 8.89. The quantitative estimate of drug-likeness (QED) is 0.608. The van der Waals surface area contributed by atoms with Crippen LogP contribution < -0.4 is 5.32 Å². The van der Waals surface area contributed by atoms with E-state index >= 15 is 0 Å². The number of sulfone groups is 1. The van der Waals surface area contributed by atoms with Gasteiger partial charge in [-0.15, -0.1) is 5.10 Å². The molecule has 3 aromatic rings. The lowest BCUT2D eigenvalue weighted by Gasteiger charge is -2.04. The predicted molar refractivity (Wildman–Crippen MR) is 109 cm³/mol. The maximum atomic E-state index is 12.3. The third-order valence-electron chi connectivity index (χ3n) is 4.48. The number of rotatable bonds is 8. The molecule has 152 valence electrons. The lowest BCUT2D eigenvalue weighted by atomic mass is 10.1. The minimum atomic E-state index is -3.53. The molecule has 0 aliphatic rings. The van der Waals surface area contributed by atoms with E-state index in [4.69, 9.17) is 4.42 Å². The van der Waals surface area contributed by atoms with Gasteiger partial charge in [-0.3, -0.25) is 10.1 Å². The summed E-state index contributed by atoms with van der Waals surface area (Å²) in [6.45, 7) is 3.97. The van der Waals surface area contributed by atoms with Crippen LogP contribution in [0.15, 0.2) is 57.8 Å².